The van der Waals surface area contributed by atoms with Crippen LogP contribution in [0.2, 0.25) is 0 Å². The quantitative estimate of drug-likeness (QED) is 0.379. The Hall–Kier alpha value is -3.07. The molecule has 0 saturated carbocycles. The highest BCUT2D eigenvalue weighted by molar-refractivity contribution is 6.11. The Labute approximate surface area is 202 Å². The third-order valence-electron chi connectivity index (χ3n) is 4.83. The van der Waals surface area contributed by atoms with Crippen molar-refractivity contribution in [3.63, 3.8) is 0 Å². The Morgan fingerprint density at radius 1 is 1.03 bits per heavy atom. The number of ether oxygens (including phenoxy) is 4. The fraction of sp³-hybridized carbons (Fsp3) is 0.385. The number of benzene rings is 2. The summed E-state index contributed by atoms with van der Waals surface area (Å²) >= 11 is 0. The Bertz CT molecular complexity index is 955. The van der Waals surface area contributed by atoms with E-state index in [9.17, 15) is 4.39 Å². The van der Waals surface area contributed by atoms with Crippen LogP contribution in [0.1, 0.15) is 23.6 Å². The molecule has 0 aliphatic carbocycles. The zero-order valence-electron chi connectivity index (χ0n) is 21.0. The van der Waals surface area contributed by atoms with Crippen LogP contribution in [0.5, 0.6) is 5.75 Å². The molecule has 0 atom stereocenters. The molecule has 2 aromatic carbocycles. The van der Waals surface area contributed by atoms with Gasteiger partial charge in [0.1, 0.15) is 11.6 Å². The second kappa shape index (κ2) is 15.7. The van der Waals surface area contributed by atoms with E-state index in [1.807, 2.05) is 25.1 Å². The third-order valence-corrected chi connectivity index (χ3v) is 4.83. The first-order valence-electron chi connectivity index (χ1n) is 10.7. The fourth-order valence-corrected chi connectivity index (χ4v) is 3.14. The van der Waals surface area contributed by atoms with Crippen LogP contribution in [0.15, 0.2) is 48.0 Å². The molecule has 0 aliphatic rings. The monoisotopic (exact) mass is 473 g/mol. The van der Waals surface area contributed by atoms with Gasteiger partial charge in [0.05, 0.1) is 25.9 Å². The average Bonchev–Trinajstić information content (AvgIpc) is 2.84. The van der Waals surface area contributed by atoms with Gasteiger partial charge in [-0.3, -0.25) is 5.41 Å². The predicted octanol–water partition coefficient (Wildman–Crippen LogP) is 4.67. The fourth-order valence-electron chi connectivity index (χ4n) is 3.14. The molecule has 0 radical (unpaired) electrons. The molecule has 7 nitrogen and oxygen atoms in total. The number of nitrogens with zero attached hydrogens (tertiary/aromatic N) is 2. The van der Waals surface area contributed by atoms with Gasteiger partial charge in [-0.15, -0.1) is 0 Å². The van der Waals surface area contributed by atoms with Gasteiger partial charge < -0.3 is 23.8 Å². The van der Waals surface area contributed by atoms with E-state index in [1.165, 1.54) is 25.3 Å². The molecule has 186 valence electrons. The van der Waals surface area contributed by atoms with Gasteiger partial charge in [-0.2, -0.15) is 0 Å². The van der Waals surface area contributed by atoms with Gasteiger partial charge in [0.2, 0.25) is 0 Å². The molecule has 0 fully saturated rings. The van der Waals surface area contributed by atoms with Crippen molar-refractivity contribution in [2.75, 3.05) is 66.8 Å². The van der Waals surface area contributed by atoms with Crippen molar-refractivity contribution in [3.8, 4) is 5.75 Å². The lowest BCUT2D eigenvalue weighted by atomic mass is 10.0. The SMILES string of the molecule is C=Cc1cc(C(C)=NC(=N)c2cc(F)ccc2OC)ccc1N(CCOC)CCOC.COC. The molecule has 0 unspecified atom stereocenters. The Morgan fingerprint density at radius 3 is 2.18 bits per heavy atom. The van der Waals surface area contributed by atoms with Crippen molar-refractivity contribution >= 4 is 23.3 Å². The summed E-state index contributed by atoms with van der Waals surface area (Å²) in [5.41, 5.74) is 3.73. The number of nitrogens with one attached hydrogen (secondary N) is 1. The number of methoxy groups -OCH3 is 4. The number of amidine groups is 1. The van der Waals surface area contributed by atoms with Crippen LogP contribution in [0.25, 0.3) is 6.08 Å². The number of hydrogen-bond acceptors (Lipinski definition) is 6. The predicted molar refractivity (Wildman–Crippen MR) is 137 cm³/mol. The highest BCUT2D eigenvalue weighted by Crippen LogP contribution is 2.25. The summed E-state index contributed by atoms with van der Waals surface area (Å²) in [6.45, 7) is 8.39. The van der Waals surface area contributed by atoms with Gasteiger partial charge in [-0.05, 0) is 48.4 Å². The van der Waals surface area contributed by atoms with Crippen LogP contribution in [-0.2, 0) is 14.2 Å². The zero-order chi connectivity index (χ0) is 25.5. The molecule has 0 amide bonds. The molecular formula is C26H36FN3O4. The number of hydrogen-bond donors (Lipinski definition) is 1. The Balaban J connectivity index is 0.00000182. The third kappa shape index (κ3) is 8.70. The molecule has 2 rings (SSSR count). The van der Waals surface area contributed by atoms with E-state index < -0.39 is 5.82 Å². The second-order valence-electron chi connectivity index (χ2n) is 7.25. The molecule has 2 aromatic rings. The first kappa shape index (κ1) is 29.0. The molecule has 0 heterocycles. The van der Waals surface area contributed by atoms with E-state index in [0.717, 1.165) is 29.9 Å². The van der Waals surface area contributed by atoms with Gasteiger partial charge in [-0.1, -0.05) is 18.7 Å². The Morgan fingerprint density at radius 2 is 1.65 bits per heavy atom. The van der Waals surface area contributed by atoms with E-state index in [4.69, 9.17) is 19.6 Å². The minimum atomic E-state index is -0.445. The summed E-state index contributed by atoms with van der Waals surface area (Å²) < 4.78 is 33.6. The van der Waals surface area contributed by atoms with E-state index in [1.54, 1.807) is 34.5 Å². The van der Waals surface area contributed by atoms with Crippen LogP contribution in [0, 0.1) is 11.2 Å². The lowest BCUT2D eigenvalue weighted by Crippen LogP contribution is -2.31. The normalized spacial score (nSPS) is 10.9. The highest BCUT2D eigenvalue weighted by atomic mass is 19.1. The van der Waals surface area contributed by atoms with Crippen molar-refractivity contribution < 1.29 is 23.3 Å². The van der Waals surface area contributed by atoms with Crippen LogP contribution in [-0.4, -0.2) is 73.4 Å². The standard InChI is InChI=1S/C24H30FN3O3.C2H6O/c1-6-18-15-19(7-9-22(18)28(11-13-29-3)12-14-30-4)17(2)27-24(26)21-16-20(25)8-10-23(21)31-5;1-3-2/h6-10,15-16,26H,1,11-14H2,2-5H3;1-2H3. The number of halogens is 1. The second-order valence-corrected chi connectivity index (χ2v) is 7.25. The Kier molecular flexibility index (Phi) is 13.4. The van der Waals surface area contributed by atoms with Crippen LogP contribution in [0.3, 0.4) is 0 Å². The first-order chi connectivity index (χ1) is 16.4. The molecule has 0 bridgehead atoms. The average molecular weight is 474 g/mol. The van der Waals surface area contributed by atoms with Crippen LogP contribution < -0.4 is 9.64 Å². The van der Waals surface area contributed by atoms with Crippen molar-refractivity contribution in [3.05, 3.63) is 65.5 Å². The zero-order valence-corrected chi connectivity index (χ0v) is 21.0. The van der Waals surface area contributed by atoms with Crippen molar-refractivity contribution in [1.29, 1.82) is 5.41 Å². The summed E-state index contributed by atoms with van der Waals surface area (Å²) in [5.74, 6) is -0.115. The van der Waals surface area contributed by atoms with E-state index in [-0.39, 0.29) is 5.84 Å². The maximum Gasteiger partial charge on any atom is 0.155 e. The lowest BCUT2D eigenvalue weighted by Gasteiger charge is -2.26. The van der Waals surface area contributed by atoms with E-state index in [0.29, 0.717) is 30.2 Å². The molecule has 0 aliphatic heterocycles. The summed E-state index contributed by atoms with van der Waals surface area (Å²) in [4.78, 5) is 6.56. The molecule has 0 saturated heterocycles. The van der Waals surface area contributed by atoms with Crippen molar-refractivity contribution in [2.45, 2.75) is 6.92 Å². The van der Waals surface area contributed by atoms with Crippen molar-refractivity contribution in [2.24, 2.45) is 4.99 Å². The highest BCUT2D eigenvalue weighted by Gasteiger charge is 2.13. The molecule has 0 spiro atoms. The first-order valence-corrected chi connectivity index (χ1v) is 10.7. The summed E-state index contributed by atoms with van der Waals surface area (Å²) in [7, 11) is 8.08. The van der Waals surface area contributed by atoms with Crippen LogP contribution >= 0.6 is 0 Å². The summed E-state index contributed by atoms with van der Waals surface area (Å²) in [6.07, 6.45) is 1.79. The maximum absolute atomic E-state index is 13.7. The van der Waals surface area contributed by atoms with Gasteiger partial charge in [0.15, 0.2) is 5.84 Å². The topological polar surface area (TPSA) is 76.4 Å². The van der Waals surface area contributed by atoms with Gasteiger partial charge in [0.25, 0.3) is 0 Å². The van der Waals surface area contributed by atoms with E-state index >= 15 is 0 Å². The van der Waals surface area contributed by atoms with Crippen LogP contribution in [0.4, 0.5) is 10.1 Å². The molecule has 1 N–H and O–H groups in total. The van der Waals surface area contributed by atoms with Crippen molar-refractivity contribution in [1.82, 2.24) is 0 Å². The molecule has 34 heavy (non-hydrogen) atoms. The van der Waals surface area contributed by atoms with E-state index in [2.05, 4.69) is 21.2 Å². The number of rotatable bonds is 11. The smallest absolute Gasteiger partial charge is 0.155 e. The summed E-state index contributed by atoms with van der Waals surface area (Å²) in [5, 5.41) is 8.32. The maximum atomic E-state index is 13.7. The van der Waals surface area contributed by atoms with Gasteiger partial charge in [0, 0.05) is 52.9 Å². The minimum Gasteiger partial charge on any atom is -0.496 e. The summed E-state index contributed by atoms with van der Waals surface area (Å²) in [6, 6.07) is 9.96. The number of aliphatic imine (C=N–C) groups is 1. The minimum absolute atomic E-state index is 0.0695. The molecule has 0 aromatic heterocycles. The van der Waals surface area contributed by atoms with Gasteiger partial charge in [-0.25, -0.2) is 9.38 Å². The largest absolute Gasteiger partial charge is 0.496 e. The number of anilines is 1. The molecular weight excluding hydrogens is 437 g/mol. The molecule has 8 heteroatoms. The lowest BCUT2D eigenvalue weighted by molar-refractivity contribution is 0.190. The van der Waals surface area contributed by atoms with Gasteiger partial charge >= 0.3 is 0 Å².